The van der Waals surface area contributed by atoms with Gasteiger partial charge in [0.2, 0.25) is 5.91 Å². The van der Waals surface area contributed by atoms with Gasteiger partial charge in [-0.2, -0.15) is 0 Å². The summed E-state index contributed by atoms with van der Waals surface area (Å²) in [6, 6.07) is 4.08. The molecule has 0 radical (unpaired) electrons. The van der Waals surface area contributed by atoms with Gasteiger partial charge in [-0.3, -0.25) is 9.78 Å². The zero-order valence-corrected chi connectivity index (χ0v) is 13.4. The highest BCUT2D eigenvalue weighted by atomic mass is 16.2. The number of rotatable bonds is 6. The number of nitrogens with zero attached hydrogens (tertiary/aromatic N) is 3. The Morgan fingerprint density at radius 1 is 1.43 bits per heavy atom. The van der Waals surface area contributed by atoms with Crippen LogP contribution in [0.3, 0.4) is 0 Å². The molecule has 0 spiro atoms. The molecule has 5 nitrogen and oxygen atoms in total. The number of amides is 1. The van der Waals surface area contributed by atoms with Gasteiger partial charge in [0, 0.05) is 25.1 Å². The van der Waals surface area contributed by atoms with Crippen LogP contribution in [0.25, 0.3) is 0 Å². The minimum absolute atomic E-state index is 0.0592. The lowest BCUT2D eigenvalue weighted by Crippen LogP contribution is -2.38. The number of hydrogen-bond acceptors (Lipinski definition) is 3. The van der Waals surface area contributed by atoms with E-state index >= 15 is 0 Å². The van der Waals surface area contributed by atoms with E-state index in [2.05, 4.69) is 28.3 Å². The summed E-state index contributed by atoms with van der Waals surface area (Å²) in [5.74, 6) is 0.713. The van der Waals surface area contributed by atoms with Crippen LogP contribution in [-0.2, 0) is 11.3 Å². The Balaban J connectivity index is 1.51. The zero-order valence-electron chi connectivity index (χ0n) is 13.4. The molecule has 2 aromatic heterocycles. The molecule has 2 heterocycles. The summed E-state index contributed by atoms with van der Waals surface area (Å²) in [7, 11) is 0. The number of aromatic nitrogens is 3. The Morgan fingerprint density at radius 3 is 2.87 bits per heavy atom. The maximum atomic E-state index is 12.9. The highest BCUT2D eigenvalue weighted by Gasteiger charge is 2.51. The van der Waals surface area contributed by atoms with Crippen LogP contribution in [0.4, 0.5) is 0 Å². The van der Waals surface area contributed by atoms with Gasteiger partial charge in [0.25, 0.3) is 0 Å². The Morgan fingerprint density at radius 2 is 2.26 bits per heavy atom. The fourth-order valence-corrected chi connectivity index (χ4v) is 3.29. The summed E-state index contributed by atoms with van der Waals surface area (Å²) in [6.07, 6.45) is 11.6. The normalized spacial score (nSPS) is 20.0. The fraction of sp³-hybridized carbons (Fsp3) is 0.500. The molecule has 0 unspecified atom stereocenters. The minimum atomic E-state index is -0.253. The van der Waals surface area contributed by atoms with Crippen molar-refractivity contribution in [3.8, 4) is 0 Å². The first-order chi connectivity index (χ1) is 11.2. The van der Waals surface area contributed by atoms with Gasteiger partial charge in [0.05, 0.1) is 23.5 Å². The van der Waals surface area contributed by atoms with Crippen LogP contribution in [0, 0.1) is 18.3 Å². The quantitative estimate of drug-likeness (QED) is 0.892. The number of aryl methyl sites for hydroxylation is 1. The van der Waals surface area contributed by atoms with Gasteiger partial charge in [0.15, 0.2) is 0 Å². The first kappa shape index (κ1) is 14.4. The third-order valence-corrected chi connectivity index (χ3v) is 5.10. The summed E-state index contributed by atoms with van der Waals surface area (Å²) in [4.78, 5) is 21.5. The second kappa shape index (κ2) is 5.48. The van der Waals surface area contributed by atoms with Crippen LogP contribution in [-0.4, -0.2) is 20.4 Å². The van der Waals surface area contributed by atoms with Gasteiger partial charge >= 0.3 is 0 Å². The van der Waals surface area contributed by atoms with E-state index in [-0.39, 0.29) is 17.4 Å². The maximum Gasteiger partial charge on any atom is 0.228 e. The fourth-order valence-electron chi connectivity index (χ4n) is 3.29. The molecule has 1 amide bonds. The summed E-state index contributed by atoms with van der Waals surface area (Å²) < 4.78 is 2.00. The van der Waals surface area contributed by atoms with Crippen LogP contribution in [0.1, 0.15) is 43.0 Å². The molecule has 2 aromatic rings. The summed E-state index contributed by atoms with van der Waals surface area (Å²) in [6.45, 7) is 2.79. The smallest absolute Gasteiger partial charge is 0.228 e. The van der Waals surface area contributed by atoms with Gasteiger partial charge in [-0.1, -0.05) is 6.07 Å². The number of nitrogens with one attached hydrogen (secondary N) is 1. The molecule has 4 rings (SSSR count). The molecule has 5 heteroatoms. The van der Waals surface area contributed by atoms with E-state index in [0.29, 0.717) is 5.92 Å². The summed E-state index contributed by atoms with van der Waals surface area (Å²) >= 11 is 0. The molecule has 0 aromatic carbocycles. The number of hydrogen-bond donors (Lipinski definition) is 1. The number of carbonyl (C=O) groups is 1. The number of carbonyl (C=O) groups excluding carboxylic acids is 1. The lowest BCUT2D eigenvalue weighted by molar-refractivity contribution is -0.127. The predicted molar refractivity (Wildman–Crippen MR) is 86.5 cm³/mol. The molecule has 2 fully saturated rings. The van der Waals surface area contributed by atoms with Gasteiger partial charge in [-0.25, -0.2) is 4.98 Å². The molecular formula is C18H22N4O. The monoisotopic (exact) mass is 310 g/mol. The van der Waals surface area contributed by atoms with E-state index in [1.54, 1.807) is 12.5 Å². The zero-order chi connectivity index (χ0) is 15.9. The highest BCUT2D eigenvalue weighted by Crippen LogP contribution is 2.49. The molecule has 120 valence electrons. The van der Waals surface area contributed by atoms with E-state index in [9.17, 15) is 4.79 Å². The Kier molecular flexibility index (Phi) is 3.43. The molecule has 0 saturated heterocycles. The Hall–Kier alpha value is -2.17. The standard InChI is InChI=1S/C18H22N4O/c1-13-3-2-8-20-15(13)16(14-4-5-14)21-17(23)18(6-7-18)11-22-10-9-19-12-22/h2-3,8-10,12,14,16H,4-7,11H2,1H3,(H,21,23)/t16-/m1/s1. The first-order valence-electron chi connectivity index (χ1n) is 8.36. The molecule has 23 heavy (non-hydrogen) atoms. The number of imidazole rings is 1. The summed E-state index contributed by atoms with van der Waals surface area (Å²) in [5.41, 5.74) is 1.93. The van der Waals surface area contributed by atoms with E-state index in [1.165, 1.54) is 12.8 Å². The molecular weight excluding hydrogens is 288 g/mol. The van der Waals surface area contributed by atoms with Crippen LogP contribution in [0.5, 0.6) is 0 Å². The topological polar surface area (TPSA) is 59.8 Å². The summed E-state index contributed by atoms with van der Waals surface area (Å²) in [5, 5.41) is 3.32. The van der Waals surface area contributed by atoms with Gasteiger partial charge in [-0.05, 0) is 50.2 Å². The van der Waals surface area contributed by atoms with Gasteiger partial charge in [0.1, 0.15) is 0 Å². The Labute approximate surface area is 136 Å². The van der Waals surface area contributed by atoms with Crippen molar-refractivity contribution >= 4 is 5.91 Å². The maximum absolute atomic E-state index is 12.9. The molecule has 2 aliphatic carbocycles. The average Bonchev–Trinajstić information content (AvgIpc) is 3.46. The Bertz CT molecular complexity index is 702. The molecule has 0 bridgehead atoms. The minimum Gasteiger partial charge on any atom is -0.347 e. The SMILES string of the molecule is Cc1cccnc1[C@H](NC(=O)C1(Cn2ccnc2)CC1)C1CC1. The second-order valence-corrected chi connectivity index (χ2v) is 7.01. The van der Waals surface area contributed by atoms with E-state index in [0.717, 1.165) is 30.6 Å². The highest BCUT2D eigenvalue weighted by molar-refractivity contribution is 5.85. The third kappa shape index (κ3) is 2.87. The van der Waals surface area contributed by atoms with E-state index in [1.807, 2.05) is 23.0 Å². The molecule has 2 aliphatic rings. The van der Waals surface area contributed by atoms with Crippen molar-refractivity contribution in [3.05, 3.63) is 48.3 Å². The van der Waals surface area contributed by atoms with Gasteiger partial charge in [-0.15, -0.1) is 0 Å². The molecule has 1 atom stereocenters. The second-order valence-electron chi connectivity index (χ2n) is 7.01. The predicted octanol–water partition coefficient (Wildman–Crippen LogP) is 2.63. The van der Waals surface area contributed by atoms with Crippen LogP contribution >= 0.6 is 0 Å². The van der Waals surface area contributed by atoms with Crippen molar-refractivity contribution in [2.45, 2.75) is 45.2 Å². The van der Waals surface area contributed by atoms with Crippen LogP contribution in [0.15, 0.2) is 37.1 Å². The van der Waals surface area contributed by atoms with Crippen molar-refractivity contribution < 1.29 is 4.79 Å². The molecule has 2 saturated carbocycles. The van der Waals surface area contributed by atoms with Crippen molar-refractivity contribution in [1.29, 1.82) is 0 Å². The van der Waals surface area contributed by atoms with Crippen LogP contribution < -0.4 is 5.32 Å². The molecule has 1 N–H and O–H groups in total. The van der Waals surface area contributed by atoms with E-state index in [4.69, 9.17) is 0 Å². The van der Waals surface area contributed by atoms with Crippen molar-refractivity contribution in [3.63, 3.8) is 0 Å². The van der Waals surface area contributed by atoms with Crippen molar-refractivity contribution in [1.82, 2.24) is 19.9 Å². The van der Waals surface area contributed by atoms with Gasteiger partial charge < -0.3 is 9.88 Å². The van der Waals surface area contributed by atoms with Crippen LogP contribution in [0.2, 0.25) is 0 Å². The first-order valence-corrected chi connectivity index (χ1v) is 8.36. The van der Waals surface area contributed by atoms with Crippen molar-refractivity contribution in [2.75, 3.05) is 0 Å². The average molecular weight is 310 g/mol. The lowest BCUT2D eigenvalue weighted by atomic mass is 10.0. The number of pyridine rings is 1. The van der Waals surface area contributed by atoms with Crippen molar-refractivity contribution in [2.24, 2.45) is 11.3 Å². The lowest BCUT2D eigenvalue weighted by Gasteiger charge is -2.23. The van der Waals surface area contributed by atoms with E-state index < -0.39 is 0 Å². The molecule has 0 aliphatic heterocycles. The largest absolute Gasteiger partial charge is 0.347 e. The third-order valence-electron chi connectivity index (χ3n) is 5.10.